The lowest BCUT2D eigenvalue weighted by Crippen LogP contribution is -2.09. The number of rotatable bonds is 1. The summed E-state index contributed by atoms with van der Waals surface area (Å²) in [5, 5.41) is 3.37. The predicted octanol–water partition coefficient (Wildman–Crippen LogP) is 1.90. The molecule has 1 aromatic rings. The van der Waals surface area contributed by atoms with Gasteiger partial charge in [0.2, 0.25) is 0 Å². The minimum absolute atomic E-state index is 0.158. The molecule has 1 aliphatic heterocycles. The Bertz CT molecular complexity index is 325. The minimum atomic E-state index is 0.158. The van der Waals surface area contributed by atoms with Crippen LogP contribution in [0.3, 0.4) is 0 Å². The van der Waals surface area contributed by atoms with Gasteiger partial charge in [-0.1, -0.05) is 6.07 Å². The second-order valence-electron chi connectivity index (χ2n) is 3.63. The highest BCUT2D eigenvalue weighted by molar-refractivity contribution is 5.57. The van der Waals surface area contributed by atoms with E-state index in [9.17, 15) is 0 Å². The molecule has 0 bridgehead atoms. The summed E-state index contributed by atoms with van der Waals surface area (Å²) in [5.41, 5.74) is 8.37. The molecule has 2 rings (SSSR count). The number of nitrogens with one attached hydrogen (secondary N) is 1. The standard InChI is InChI=1S/C11H16N2O/c1-14-8-4-5-9-10(12)3-2-6-13-11(9)7-8/h4-5,7,10,13H,2-3,6,12H2,1H3. The molecule has 0 radical (unpaired) electrons. The Balaban J connectivity index is 2.38. The summed E-state index contributed by atoms with van der Waals surface area (Å²) in [6.07, 6.45) is 2.17. The molecule has 1 atom stereocenters. The summed E-state index contributed by atoms with van der Waals surface area (Å²) in [6.45, 7) is 0.994. The fraction of sp³-hybridized carbons (Fsp3) is 0.455. The van der Waals surface area contributed by atoms with Crippen molar-refractivity contribution in [3.05, 3.63) is 23.8 Å². The summed E-state index contributed by atoms with van der Waals surface area (Å²) in [5.74, 6) is 0.880. The number of anilines is 1. The first-order valence-electron chi connectivity index (χ1n) is 4.98. The van der Waals surface area contributed by atoms with Crippen LogP contribution < -0.4 is 15.8 Å². The summed E-state index contributed by atoms with van der Waals surface area (Å²) in [6, 6.07) is 6.19. The Labute approximate surface area is 84.3 Å². The zero-order chi connectivity index (χ0) is 9.97. The van der Waals surface area contributed by atoms with Crippen molar-refractivity contribution in [3.8, 4) is 5.75 Å². The maximum atomic E-state index is 6.06. The Morgan fingerprint density at radius 3 is 3.14 bits per heavy atom. The van der Waals surface area contributed by atoms with E-state index in [-0.39, 0.29) is 6.04 Å². The van der Waals surface area contributed by atoms with Crippen LogP contribution in [0.15, 0.2) is 18.2 Å². The van der Waals surface area contributed by atoms with E-state index >= 15 is 0 Å². The molecule has 3 nitrogen and oxygen atoms in total. The maximum absolute atomic E-state index is 6.06. The lowest BCUT2D eigenvalue weighted by molar-refractivity contribution is 0.415. The van der Waals surface area contributed by atoms with E-state index < -0.39 is 0 Å². The van der Waals surface area contributed by atoms with Crippen molar-refractivity contribution in [2.24, 2.45) is 5.73 Å². The quantitative estimate of drug-likeness (QED) is 0.714. The van der Waals surface area contributed by atoms with E-state index in [4.69, 9.17) is 10.5 Å². The van der Waals surface area contributed by atoms with Crippen LogP contribution in [0.5, 0.6) is 5.75 Å². The lowest BCUT2D eigenvalue weighted by atomic mass is 10.0. The van der Waals surface area contributed by atoms with Crippen LogP contribution in [0, 0.1) is 0 Å². The van der Waals surface area contributed by atoms with Crippen LogP contribution >= 0.6 is 0 Å². The molecule has 1 heterocycles. The van der Waals surface area contributed by atoms with Crippen LogP contribution in [-0.4, -0.2) is 13.7 Å². The molecule has 0 amide bonds. The average Bonchev–Trinajstić information content (AvgIpc) is 2.40. The van der Waals surface area contributed by atoms with Gasteiger partial charge in [-0.05, 0) is 24.5 Å². The van der Waals surface area contributed by atoms with Gasteiger partial charge in [-0.15, -0.1) is 0 Å². The molecule has 14 heavy (non-hydrogen) atoms. The van der Waals surface area contributed by atoms with Crippen molar-refractivity contribution in [2.45, 2.75) is 18.9 Å². The van der Waals surface area contributed by atoms with Gasteiger partial charge >= 0.3 is 0 Å². The second kappa shape index (κ2) is 3.88. The third-order valence-corrected chi connectivity index (χ3v) is 2.67. The Hall–Kier alpha value is -1.22. The zero-order valence-electron chi connectivity index (χ0n) is 8.42. The van der Waals surface area contributed by atoms with Crippen LogP contribution in [-0.2, 0) is 0 Å². The SMILES string of the molecule is COc1ccc2c(c1)NCCCC2N. The summed E-state index contributed by atoms with van der Waals surface area (Å²) < 4.78 is 5.18. The van der Waals surface area contributed by atoms with E-state index in [0.717, 1.165) is 30.8 Å². The fourth-order valence-corrected chi connectivity index (χ4v) is 1.84. The summed E-state index contributed by atoms with van der Waals surface area (Å²) >= 11 is 0. The van der Waals surface area contributed by atoms with Gasteiger partial charge in [-0.25, -0.2) is 0 Å². The first kappa shape index (κ1) is 9.34. The van der Waals surface area contributed by atoms with Crippen molar-refractivity contribution in [1.29, 1.82) is 0 Å². The molecule has 0 fully saturated rings. The largest absolute Gasteiger partial charge is 0.497 e. The highest BCUT2D eigenvalue weighted by Gasteiger charge is 2.14. The van der Waals surface area contributed by atoms with Crippen molar-refractivity contribution in [2.75, 3.05) is 19.0 Å². The van der Waals surface area contributed by atoms with Gasteiger partial charge in [0.15, 0.2) is 0 Å². The smallest absolute Gasteiger partial charge is 0.120 e. The first-order valence-corrected chi connectivity index (χ1v) is 4.98. The number of methoxy groups -OCH3 is 1. The number of fused-ring (bicyclic) bond motifs is 1. The number of hydrogen-bond donors (Lipinski definition) is 2. The summed E-state index contributed by atoms with van der Waals surface area (Å²) in [7, 11) is 1.68. The van der Waals surface area contributed by atoms with Crippen LogP contribution in [0.2, 0.25) is 0 Å². The Morgan fingerprint density at radius 1 is 1.50 bits per heavy atom. The molecular formula is C11H16N2O. The Morgan fingerprint density at radius 2 is 2.36 bits per heavy atom. The van der Waals surface area contributed by atoms with Crippen molar-refractivity contribution < 1.29 is 4.74 Å². The maximum Gasteiger partial charge on any atom is 0.120 e. The molecular weight excluding hydrogens is 176 g/mol. The molecule has 1 aromatic carbocycles. The van der Waals surface area contributed by atoms with Gasteiger partial charge in [0.25, 0.3) is 0 Å². The van der Waals surface area contributed by atoms with Gasteiger partial charge < -0.3 is 15.8 Å². The first-order chi connectivity index (χ1) is 6.81. The van der Waals surface area contributed by atoms with Gasteiger partial charge in [0, 0.05) is 24.3 Å². The molecule has 3 N–H and O–H groups in total. The molecule has 0 aliphatic carbocycles. The molecule has 0 aromatic heterocycles. The number of nitrogens with two attached hydrogens (primary N) is 1. The van der Waals surface area contributed by atoms with Gasteiger partial charge in [-0.3, -0.25) is 0 Å². The lowest BCUT2D eigenvalue weighted by Gasteiger charge is -2.13. The molecule has 76 valence electrons. The van der Waals surface area contributed by atoms with Crippen LogP contribution in [0.25, 0.3) is 0 Å². The molecule has 1 unspecified atom stereocenters. The number of hydrogen-bond acceptors (Lipinski definition) is 3. The third kappa shape index (κ3) is 1.68. The van der Waals surface area contributed by atoms with E-state index in [0.29, 0.717) is 0 Å². The van der Waals surface area contributed by atoms with Crippen molar-refractivity contribution in [1.82, 2.24) is 0 Å². The molecule has 0 saturated carbocycles. The summed E-state index contributed by atoms with van der Waals surface area (Å²) in [4.78, 5) is 0. The normalized spacial score (nSPS) is 20.6. The molecule has 3 heteroatoms. The number of benzene rings is 1. The molecule has 0 spiro atoms. The van der Waals surface area contributed by atoms with Gasteiger partial charge in [0.05, 0.1) is 7.11 Å². The number of ether oxygens (including phenoxy) is 1. The average molecular weight is 192 g/mol. The fourth-order valence-electron chi connectivity index (χ4n) is 1.84. The van der Waals surface area contributed by atoms with E-state index in [1.807, 2.05) is 12.1 Å². The third-order valence-electron chi connectivity index (χ3n) is 2.67. The zero-order valence-corrected chi connectivity index (χ0v) is 8.42. The van der Waals surface area contributed by atoms with E-state index in [2.05, 4.69) is 11.4 Å². The van der Waals surface area contributed by atoms with Crippen molar-refractivity contribution in [3.63, 3.8) is 0 Å². The predicted molar refractivity (Wildman–Crippen MR) is 57.6 cm³/mol. The van der Waals surface area contributed by atoms with Crippen LogP contribution in [0.4, 0.5) is 5.69 Å². The topological polar surface area (TPSA) is 47.3 Å². The highest BCUT2D eigenvalue weighted by atomic mass is 16.5. The van der Waals surface area contributed by atoms with Gasteiger partial charge in [-0.2, -0.15) is 0 Å². The van der Waals surface area contributed by atoms with E-state index in [1.165, 1.54) is 5.56 Å². The monoisotopic (exact) mass is 192 g/mol. The minimum Gasteiger partial charge on any atom is -0.497 e. The second-order valence-corrected chi connectivity index (χ2v) is 3.63. The van der Waals surface area contributed by atoms with Crippen molar-refractivity contribution >= 4 is 5.69 Å². The van der Waals surface area contributed by atoms with Gasteiger partial charge in [0.1, 0.15) is 5.75 Å². The highest BCUT2D eigenvalue weighted by Crippen LogP contribution is 2.30. The van der Waals surface area contributed by atoms with E-state index in [1.54, 1.807) is 7.11 Å². The molecule has 1 aliphatic rings. The molecule has 0 saturated heterocycles. The Kier molecular flexibility index (Phi) is 2.59. The van der Waals surface area contributed by atoms with Crippen LogP contribution in [0.1, 0.15) is 24.4 Å².